The number of carbonyl (C=O) groups is 3. The van der Waals surface area contributed by atoms with E-state index in [0.29, 0.717) is 27.3 Å². The number of benzene rings is 3. The maximum absolute atomic E-state index is 13.4. The van der Waals surface area contributed by atoms with Crippen molar-refractivity contribution < 1.29 is 27.9 Å². The smallest absolute Gasteiger partial charge is 0.256 e. The van der Waals surface area contributed by atoms with Gasteiger partial charge < -0.3 is 10.4 Å². The zero-order valence-electron chi connectivity index (χ0n) is 19.9. The zero-order valence-corrected chi connectivity index (χ0v) is 21.5. The lowest BCUT2D eigenvalue weighted by Gasteiger charge is -2.25. The minimum atomic E-state index is -4.05. The van der Waals surface area contributed by atoms with Crippen LogP contribution >= 0.6 is 11.3 Å². The second-order valence-electron chi connectivity index (χ2n) is 8.64. The molecule has 0 saturated carbocycles. The van der Waals surface area contributed by atoms with Gasteiger partial charge in [-0.25, -0.2) is 8.42 Å². The van der Waals surface area contributed by atoms with E-state index >= 15 is 0 Å². The van der Waals surface area contributed by atoms with Gasteiger partial charge in [0.25, 0.3) is 15.9 Å². The van der Waals surface area contributed by atoms with Crippen LogP contribution in [0.4, 0.5) is 5.00 Å². The van der Waals surface area contributed by atoms with Crippen molar-refractivity contribution in [3.63, 3.8) is 0 Å². The molecule has 192 valence electrons. The molecule has 2 N–H and O–H groups in total. The second kappa shape index (κ2) is 10.4. The average Bonchev–Trinajstić information content (AvgIpc) is 3.45. The summed E-state index contributed by atoms with van der Waals surface area (Å²) < 4.78 is 27.9. The van der Waals surface area contributed by atoms with Crippen LogP contribution in [0, 0.1) is 0 Å². The molecular weight excluding hydrogens is 524 g/mol. The summed E-state index contributed by atoms with van der Waals surface area (Å²) in [7, 11) is -4.05. The van der Waals surface area contributed by atoms with Gasteiger partial charge in [-0.05, 0) is 23.8 Å². The molecule has 0 saturated heterocycles. The van der Waals surface area contributed by atoms with E-state index in [4.69, 9.17) is 0 Å². The average molecular weight is 547 g/mol. The highest BCUT2D eigenvalue weighted by molar-refractivity contribution is 7.91. The van der Waals surface area contributed by atoms with Gasteiger partial charge in [-0.1, -0.05) is 72.8 Å². The van der Waals surface area contributed by atoms with Gasteiger partial charge in [-0.15, -0.1) is 11.3 Å². The summed E-state index contributed by atoms with van der Waals surface area (Å²) in [6.45, 7) is -0.872. The van der Waals surface area contributed by atoms with Crippen molar-refractivity contribution >= 4 is 43.8 Å². The minimum Gasteiger partial charge on any atom is -0.389 e. The van der Waals surface area contributed by atoms with Crippen molar-refractivity contribution in [2.24, 2.45) is 0 Å². The van der Waals surface area contributed by atoms with Crippen LogP contribution in [-0.2, 0) is 21.4 Å². The van der Waals surface area contributed by atoms with Gasteiger partial charge in [0.1, 0.15) is 16.9 Å². The lowest BCUT2D eigenvalue weighted by Crippen LogP contribution is -2.36. The Labute approximate surface area is 223 Å². The monoisotopic (exact) mass is 546 g/mol. The Balaban J connectivity index is 1.36. The van der Waals surface area contributed by atoms with E-state index in [1.165, 1.54) is 6.07 Å². The molecule has 0 radical (unpaired) electrons. The van der Waals surface area contributed by atoms with Crippen LogP contribution in [0.15, 0.2) is 95.2 Å². The molecule has 1 aliphatic heterocycles. The summed E-state index contributed by atoms with van der Waals surface area (Å²) >= 11 is 0.893. The lowest BCUT2D eigenvalue weighted by molar-refractivity contribution is -0.125. The molecule has 0 bridgehead atoms. The molecule has 1 atom stereocenters. The molecule has 4 aromatic rings. The Morgan fingerprint density at radius 2 is 1.50 bits per heavy atom. The molecule has 0 spiro atoms. The summed E-state index contributed by atoms with van der Waals surface area (Å²) in [4.78, 5) is 38.3. The van der Waals surface area contributed by atoms with Crippen molar-refractivity contribution in [3.05, 3.63) is 119 Å². The van der Waals surface area contributed by atoms with Crippen molar-refractivity contribution in [3.8, 4) is 0 Å². The van der Waals surface area contributed by atoms with Crippen molar-refractivity contribution in [2.45, 2.75) is 16.8 Å². The fraction of sp³-hybridized carbons (Fsp3) is 0.107. The number of fused-ring (bicyclic) bond motifs is 1. The van der Waals surface area contributed by atoms with Gasteiger partial charge in [0.2, 0.25) is 0 Å². The Morgan fingerprint density at radius 3 is 2.16 bits per heavy atom. The maximum atomic E-state index is 13.4. The number of sulfonamides is 1. The quantitative estimate of drug-likeness (QED) is 0.322. The summed E-state index contributed by atoms with van der Waals surface area (Å²) in [6, 6.07) is 23.9. The largest absolute Gasteiger partial charge is 0.389 e. The van der Waals surface area contributed by atoms with Gasteiger partial charge in [0.15, 0.2) is 11.6 Å². The third-order valence-electron chi connectivity index (χ3n) is 6.16. The Morgan fingerprint density at radius 1 is 0.868 bits per heavy atom. The van der Waals surface area contributed by atoms with Gasteiger partial charge >= 0.3 is 0 Å². The van der Waals surface area contributed by atoms with E-state index in [9.17, 15) is 27.9 Å². The molecule has 10 heteroatoms. The normalized spacial score (nSPS) is 15.0. The molecule has 1 unspecified atom stereocenters. The molecule has 38 heavy (non-hydrogen) atoms. The molecule has 8 nitrogen and oxygen atoms in total. The van der Waals surface area contributed by atoms with Crippen LogP contribution in [0.5, 0.6) is 0 Å². The molecule has 5 rings (SSSR count). The van der Waals surface area contributed by atoms with Crippen molar-refractivity contribution in [1.29, 1.82) is 0 Å². The number of ketones is 2. The predicted octanol–water partition coefficient (Wildman–Crippen LogP) is 4.04. The maximum Gasteiger partial charge on any atom is 0.256 e. The number of thiophene rings is 1. The number of aliphatic hydroxyl groups excluding tert-OH is 1. The fourth-order valence-corrected chi connectivity index (χ4v) is 7.64. The highest BCUT2D eigenvalue weighted by Gasteiger charge is 2.44. The summed E-state index contributed by atoms with van der Waals surface area (Å²) in [5.41, 5.74) is 2.02. The first kappa shape index (κ1) is 25.7. The number of hydrogen-bond acceptors (Lipinski definition) is 7. The summed E-state index contributed by atoms with van der Waals surface area (Å²) in [5.74, 6) is -1.33. The molecule has 0 fully saturated rings. The highest BCUT2D eigenvalue weighted by atomic mass is 32.2. The SMILES string of the molecule is O=C(Nc1cc2c(s1)S(=O)(=O)N(C(C(=O)CO)c1ccccc1)C2)c1cccc(C(=O)c2ccccc2)c1. The number of Topliss-reactive ketones (excluding diaryl/α,β-unsaturated/α-hetero) is 1. The Kier molecular flexibility index (Phi) is 7.04. The molecule has 2 heterocycles. The standard InChI is InChI=1S/C28H22N2O6S2/c31-17-23(32)25(18-8-3-1-4-9-18)30-16-22-15-24(37-28(22)38(30,35)36)29-27(34)21-13-7-12-20(14-21)26(33)19-10-5-2-6-11-19/h1-15,25,31H,16-17H2,(H,29,34). The molecule has 0 aliphatic carbocycles. The lowest BCUT2D eigenvalue weighted by atomic mass is 10.0. The fourth-order valence-electron chi connectivity index (χ4n) is 4.37. The van der Waals surface area contributed by atoms with E-state index in [1.807, 2.05) is 6.07 Å². The van der Waals surface area contributed by atoms with E-state index in [-0.39, 0.29) is 22.1 Å². The minimum absolute atomic E-state index is 0.0347. The first-order chi connectivity index (χ1) is 18.3. The number of anilines is 1. The van der Waals surface area contributed by atoms with Crippen LogP contribution < -0.4 is 5.32 Å². The predicted molar refractivity (Wildman–Crippen MR) is 143 cm³/mol. The van der Waals surface area contributed by atoms with Crippen LogP contribution in [0.2, 0.25) is 0 Å². The zero-order chi connectivity index (χ0) is 26.9. The number of rotatable bonds is 8. The van der Waals surface area contributed by atoms with Gasteiger partial charge in [0, 0.05) is 28.8 Å². The first-order valence-electron chi connectivity index (χ1n) is 11.6. The van der Waals surface area contributed by atoms with E-state index in [0.717, 1.165) is 15.6 Å². The molecule has 3 aromatic carbocycles. The van der Waals surface area contributed by atoms with Gasteiger partial charge in [0.05, 0.1) is 5.00 Å². The third-order valence-corrected chi connectivity index (χ3v) is 9.62. The van der Waals surface area contributed by atoms with Gasteiger partial charge in [-0.3, -0.25) is 14.4 Å². The Hall–Kier alpha value is -3.96. The molecule has 1 amide bonds. The summed E-state index contributed by atoms with van der Waals surface area (Å²) in [5, 5.41) is 12.5. The van der Waals surface area contributed by atoms with Crippen molar-refractivity contribution in [2.75, 3.05) is 11.9 Å². The van der Waals surface area contributed by atoms with Crippen LogP contribution in [-0.4, -0.2) is 41.9 Å². The van der Waals surface area contributed by atoms with Crippen LogP contribution in [0.1, 0.15) is 43.4 Å². The Bertz CT molecular complexity index is 1630. The third kappa shape index (κ3) is 4.82. The molecule has 1 aromatic heterocycles. The van der Waals surface area contributed by atoms with E-state index < -0.39 is 34.4 Å². The highest BCUT2D eigenvalue weighted by Crippen LogP contribution is 2.43. The molecular formula is C28H22N2O6S2. The topological polar surface area (TPSA) is 121 Å². The number of aliphatic hydroxyl groups is 1. The number of nitrogens with zero attached hydrogens (tertiary/aromatic N) is 1. The first-order valence-corrected chi connectivity index (χ1v) is 13.9. The molecule has 1 aliphatic rings. The number of nitrogens with one attached hydrogen (secondary N) is 1. The van der Waals surface area contributed by atoms with E-state index in [2.05, 4.69) is 5.32 Å². The van der Waals surface area contributed by atoms with Crippen molar-refractivity contribution in [1.82, 2.24) is 4.31 Å². The summed E-state index contributed by atoms with van der Waals surface area (Å²) in [6.07, 6.45) is 0. The van der Waals surface area contributed by atoms with Gasteiger partial charge in [-0.2, -0.15) is 4.31 Å². The van der Waals surface area contributed by atoms with Crippen LogP contribution in [0.25, 0.3) is 0 Å². The number of amides is 1. The van der Waals surface area contributed by atoms with Crippen LogP contribution in [0.3, 0.4) is 0 Å². The number of carbonyl (C=O) groups excluding carboxylic acids is 3. The second-order valence-corrected chi connectivity index (χ2v) is 11.8. The van der Waals surface area contributed by atoms with E-state index in [1.54, 1.807) is 78.9 Å². The number of hydrogen-bond donors (Lipinski definition) is 2.